The van der Waals surface area contributed by atoms with E-state index in [0.29, 0.717) is 25.0 Å². The van der Waals surface area contributed by atoms with Gasteiger partial charge in [0.1, 0.15) is 18.2 Å². The van der Waals surface area contributed by atoms with E-state index >= 15 is 0 Å². The zero-order valence-corrected chi connectivity index (χ0v) is 12.4. The van der Waals surface area contributed by atoms with Gasteiger partial charge in [-0.2, -0.15) is 4.98 Å². The smallest absolute Gasteiger partial charge is 0.218 e. The maximum absolute atomic E-state index is 5.60. The van der Waals surface area contributed by atoms with Crippen molar-refractivity contribution in [2.24, 2.45) is 5.92 Å². The minimum absolute atomic E-state index is 0.512. The van der Waals surface area contributed by atoms with Crippen molar-refractivity contribution in [3.05, 3.63) is 11.9 Å². The highest BCUT2D eigenvalue weighted by Gasteiger charge is 2.04. The molecule has 0 radical (unpaired) electrons. The number of hydrogen-bond donors (Lipinski definition) is 1. The number of hydrogen-bond acceptors (Lipinski definition) is 5. The molecule has 1 N–H and O–H groups in total. The van der Waals surface area contributed by atoms with Gasteiger partial charge in [-0.05, 0) is 12.8 Å². The third-order valence-corrected chi connectivity index (χ3v) is 2.35. The van der Waals surface area contributed by atoms with Gasteiger partial charge < -0.3 is 14.8 Å². The third-order valence-electron chi connectivity index (χ3n) is 2.35. The second-order valence-corrected chi connectivity index (χ2v) is 4.71. The second-order valence-electron chi connectivity index (χ2n) is 4.71. The molecule has 0 fully saturated rings. The maximum atomic E-state index is 5.60. The average molecular weight is 267 g/mol. The van der Waals surface area contributed by atoms with Gasteiger partial charge in [-0.3, -0.25) is 0 Å². The zero-order valence-electron chi connectivity index (χ0n) is 12.4. The second kappa shape index (κ2) is 8.69. The van der Waals surface area contributed by atoms with Crippen LogP contribution >= 0.6 is 0 Å². The molecule has 19 heavy (non-hydrogen) atoms. The quantitative estimate of drug-likeness (QED) is 0.697. The molecule has 108 valence electrons. The fraction of sp³-hybridized carbons (Fsp3) is 0.714. The first-order valence-corrected chi connectivity index (χ1v) is 6.98. The first-order valence-electron chi connectivity index (χ1n) is 6.98. The molecule has 0 saturated carbocycles. The minimum atomic E-state index is 0.512. The standard InChI is InChI=1S/C14H25N3O2/c1-5-12-16-13(15-6-2)9-14(17-12)19-8-7-18-10-11(3)4/h9,11H,5-8,10H2,1-4H3,(H,15,16,17). The van der Waals surface area contributed by atoms with Crippen LogP contribution in [0, 0.1) is 5.92 Å². The molecular formula is C14H25N3O2. The summed E-state index contributed by atoms with van der Waals surface area (Å²) in [4.78, 5) is 8.71. The summed E-state index contributed by atoms with van der Waals surface area (Å²) in [5.74, 6) is 2.76. The summed E-state index contributed by atoms with van der Waals surface area (Å²) in [6, 6.07) is 1.82. The number of nitrogens with zero attached hydrogens (tertiary/aromatic N) is 2. The SMILES string of the molecule is CCNc1cc(OCCOCC(C)C)nc(CC)n1. The largest absolute Gasteiger partial charge is 0.475 e. The molecule has 5 heteroatoms. The van der Waals surface area contributed by atoms with Gasteiger partial charge in [0, 0.05) is 25.6 Å². The molecular weight excluding hydrogens is 242 g/mol. The third kappa shape index (κ3) is 6.38. The molecule has 0 aliphatic carbocycles. The number of nitrogens with one attached hydrogen (secondary N) is 1. The van der Waals surface area contributed by atoms with Crippen LogP contribution in [0.1, 0.15) is 33.5 Å². The van der Waals surface area contributed by atoms with Crippen molar-refractivity contribution in [1.29, 1.82) is 0 Å². The highest BCUT2D eigenvalue weighted by Crippen LogP contribution is 2.13. The van der Waals surface area contributed by atoms with E-state index in [1.807, 2.05) is 19.9 Å². The van der Waals surface area contributed by atoms with Crippen LogP contribution in [0.2, 0.25) is 0 Å². The lowest BCUT2D eigenvalue weighted by molar-refractivity contribution is 0.0805. The molecule has 0 saturated heterocycles. The molecule has 0 amide bonds. The minimum Gasteiger partial charge on any atom is -0.475 e. The number of rotatable bonds is 9. The Kier molecular flexibility index (Phi) is 7.18. The number of aromatic nitrogens is 2. The van der Waals surface area contributed by atoms with E-state index in [4.69, 9.17) is 9.47 Å². The van der Waals surface area contributed by atoms with Gasteiger partial charge in [-0.25, -0.2) is 4.98 Å². The van der Waals surface area contributed by atoms with Crippen LogP contribution in [0.4, 0.5) is 5.82 Å². The van der Waals surface area contributed by atoms with Crippen LogP contribution in [-0.2, 0) is 11.2 Å². The molecule has 0 bridgehead atoms. The van der Waals surface area contributed by atoms with Crippen LogP contribution in [0.5, 0.6) is 5.88 Å². The maximum Gasteiger partial charge on any atom is 0.218 e. The highest BCUT2D eigenvalue weighted by molar-refractivity contribution is 5.38. The zero-order chi connectivity index (χ0) is 14.1. The van der Waals surface area contributed by atoms with E-state index in [0.717, 1.165) is 31.2 Å². The van der Waals surface area contributed by atoms with Crippen LogP contribution in [0.15, 0.2) is 6.07 Å². The van der Waals surface area contributed by atoms with Gasteiger partial charge in [0.2, 0.25) is 5.88 Å². The van der Waals surface area contributed by atoms with Crippen molar-refractivity contribution < 1.29 is 9.47 Å². The van der Waals surface area contributed by atoms with Crippen LogP contribution in [0.3, 0.4) is 0 Å². The van der Waals surface area contributed by atoms with E-state index in [1.165, 1.54) is 0 Å². The Morgan fingerprint density at radius 1 is 1.21 bits per heavy atom. The first kappa shape index (κ1) is 15.7. The van der Waals surface area contributed by atoms with E-state index in [1.54, 1.807) is 0 Å². The molecule has 5 nitrogen and oxygen atoms in total. The molecule has 0 unspecified atom stereocenters. The van der Waals surface area contributed by atoms with Gasteiger partial charge >= 0.3 is 0 Å². The summed E-state index contributed by atoms with van der Waals surface area (Å²) >= 11 is 0. The van der Waals surface area contributed by atoms with Crippen molar-refractivity contribution in [1.82, 2.24) is 9.97 Å². The topological polar surface area (TPSA) is 56.3 Å². The van der Waals surface area contributed by atoms with E-state index in [9.17, 15) is 0 Å². The molecule has 1 aromatic rings. The molecule has 0 aromatic carbocycles. The van der Waals surface area contributed by atoms with E-state index < -0.39 is 0 Å². The van der Waals surface area contributed by atoms with Gasteiger partial charge in [0.25, 0.3) is 0 Å². The Morgan fingerprint density at radius 2 is 2.00 bits per heavy atom. The number of ether oxygens (including phenoxy) is 2. The summed E-state index contributed by atoms with van der Waals surface area (Å²) in [5.41, 5.74) is 0. The summed E-state index contributed by atoms with van der Waals surface area (Å²) in [5, 5.41) is 3.18. The predicted octanol–water partition coefficient (Wildman–Crippen LogP) is 2.52. The van der Waals surface area contributed by atoms with Crippen molar-refractivity contribution >= 4 is 5.82 Å². The summed E-state index contributed by atoms with van der Waals surface area (Å²) < 4.78 is 11.1. The molecule has 0 aliphatic rings. The van der Waals surface area contributed by atoms with Crippen molar-refractivity contribution in [2.45, 2.75) is 34.1 Å². The van der Waals surface area contributed by atoms with Crippen LogP contribution in [0.25, 0.3) is 0 Å². The Bertz CT molecular complexity index is 370. The average Bonchev–Trinajstić information content (AvgIpc) is 2.38. The van der Waals surface area contributed by atoms with Gasteiger partial charge in [0.15, 0.2) is 0 Å². The molecule has 0 spiro atoms. The van der Waals surface area contributed by atoms with Gasteiger partial charge in [0.05, 0.1) is 6.61 Å². The van der Waals surface area contributed by atoms with Crippen molar-refractivity contribution in [3.63, 3.8) is 0 Å². The Balaban J connectivity index is 2.45. The van der Waals surface area contributed by atoms with Crippen LogP contribution < -0.4 is 10.1 Å². The fourth-order valence-corrected chi connectivity index (χ4v) is 1.50. The Hall–Kier alpha value is -1.36. The number of anilines is 1. The highest BCUT2D eigenvalue weighted by atomic mass is 16.5. The van der Waals surface area contributed by atoms with E-state index in [-0.39, 0.29) is 0 Å². The van der Waals surface area contributed by atoms with E-state index in [2.05, 4.69) is 29.1 Å². The fourth-order valence-electron chi connectivity index (χ4n) is 1.50. The summed E-state index contributed by atoms with van der Waals surface area (Å²) in [6.45, 7) is 11.0. The summed E-state index contributed by atoms with van der Waals surface area (Å²) in [7, 11) is 0. The Labute approximate surface area is 115 Å². The molecule has 1 rings (SSSR count). The van der Waals surface area contributed by atoms with Crippen LogP contribution in [-0.4, -0.2) is 36.3 Å². The molecule has 0 aliphatic heterocycles. The predicted molar refractivity (Wildman–Crippen MR) is 76.7 cm³/mol. The Morgan fingerprint density at radius 3 is 2.63 bits per heavy atom. The molecule has 1 heterocycles. The lowest BCUT2D eigenvalue weighted by Gasteiger charge is -2.10. The first-order chi connectivity index (χ1) is 9.15. The monoisotopic (exact) mass is 267 g/mol. The van der Waals surface area contributed by atoms with Crippen molar-refractivity contribution in [3.8, 4) is 5.88 Å². The van der Waals surface area contributed by atoms with Gasteiger partial charge in [-0.1, -0.05) is 20.8 Å². The molecule has 1 aromatic heterocycles. The van der Waals surface area contributed by atoms with Gasteiger partial charge in [-0.15, -0.1) is 0 Å². The number of aryl methyl sites for hydroxylation is 1. The lowest BCUT2D eigenvalue weighted by Crippen LogP contribution is -2.12. The normalized spacial score (nSPS) is 10.8. The molecule has 0 atom stereocenters. The summed E-state index contributed by atoms with van der Waals surface area (Å²) in [6.07, 6.45) is 0.791. The van der Waals surface area contributed by atoms with Crippen molar-refractivity contribution in [2.75, 3.05) is 31.7 Å². The lowest BCUT2D eigenvalue weighted by atomic mass is 10.2.